The summed E-state index contributed by atoms with van der Waals surface area (Å²) in [5.74, 6) is -1.92. The molecule has 2 saturated heterocycles. The Kier molecular flexibility index (Phi) is 6.27. The third-order valence-corrected chi connectivity index (χ3v) is 7.49. The minimum Gasteiger partial charge on any atom is -0.349 e. The van der Waals surface area contributed by atoms with Crippen LogP contribution in [0.1, 0.15) is 54.4 Å². The molecule has 5 rings (SSSR count). The lowest BCUT2D eigenvalue weighted by molar-refractivity contribution is -0.128. The summed E-state index contributed by atoms with van der Waals surface area (Å²) >= 11 is 0. The monoisotopic (exact) mass is 481 g/mol. The largest absolute Gasteiger partial charge is 0.349 e. The maximum Gasteiger partial charge on any atom is 0.256 e. The molecule has 2 amide bonds. The summed E-state index contributed by atoms with van der Waals surface area (Å²) in [5.41, 5.74) is 1.05. The van der Waals surface area contributed by atoms with Gasteiger partial charge in [0.25, 0.3) is 5.91 Å². The van der Waals surface area contributed by atoms with Crippen molar-refractivity contribution in [3.8, 4) is 0 Å². The minimum atomic E-state index is -0.660. The van der Waals surface area contributed by atoms with Gasteiger partial charge in [0.05, 0.1) is 35.2 Å². The maximum atomic E-state index is 14.1. The van der Waals surface area contributed by atoms with Crippen molar-refractivity contribution < 1.29 is 18.4 Å². The fraction of sp³-hybridized carbons (Fsp3) is 0.423. The number of nitrogens with one attached hydrogen (secondary N) is 2. The summed E-state index contributed by atoms with van der Waals surface area (Å²) in [6, 6.07) is 6.55. The van der Waals surface area contributed by atoms with E-state index in [1.807, 2.05) is 13.1 Å². The standard InChI is InChI=1S/C26H29F2N5O2/c1-2-26(7-4-8-30-26)25(35)31-22-15-32(10-6-20(22)17-11-18(27)13-19(28)12-17)24(34)21-5-3-9-33-16-29-14-23(21)33/h3,5,9,11-14,16,20,22,30H,2,4,6-8,10,15H2,1H3,(H,31,35)/t20-,22+,26-/m0/s1. The molecule has 3 atom stereocenters. The van der Waals surface area contributed by atoms with Gasteiger partial charge in [-0.3, -0.25) is 9.59 Å². The van der Waals surface area contributed by atoms with Gasteiger partial charge in [0.1, 0.15) is 11.6 Å². The molecule has 2 fully saturated rings. The molecule has 2 N–H and O–H groups in total. The molecule has 9 heteroatoms. The molecule has 3 aromatic rings. The number of carbonyl (C=O) groups is 2. The van der Waals surface area contributed by atoms with Crippen LogP contribution in [0.3, 0.4) is 0 Å². The summed E-state index contributed by atoms with van der Waals surface area (Å²) in [4.78, 5) is 32.8. The number of amides is 2. The molecule has 1 aromatic carbocycles. The number of likely N-dealkylation sites (tertiary alicyclic amines) is 1. The Morgan fingerprint density at radius 2 is 2.06 bits per heavy atom. The lowest BCUT2D eigenvalue weighted by atomic mass is 9.83. The quantitative estimate of drug-likeness (QED) is 0.587. The third kappa shape index (κ3) is 4.40. The van der Waals surface area contributed by atoms with Gasteiger partial charge in [-0.1, -0.05) is 6.92 Å². The fourth-order valence-electron chi connectivity index (χ4n) is 5.54. The van der Waals surface area contributed by atoms with Gasteiger partial charge in [-0.2, -0.15) is 0 Å². The van der Waals surface area contributed by atoms with Crippen molar-refractivity contribution in [2.75, 3.05) is 19.6 Å². The van der Waals surface area contributed by atoms with Gasteiger partial charge < -0.3 is 19.9 Å². The van der Waals surface area contributed by atoms with Crippen LogP contribution in [0.5, 0.6) is 0 Å². The van der Waals surface area contributed by atoms with Gasteiger partial charge in [0.2, 0.25) is 5.91 Å². The summed E-state index contributed by atoms with van der Waals surface area (Å²) < 4.78 is 29.9. The van der Waals surface area contributed by atoms with E-state index in [1.54, 1.807) is 34.0 Å². The van der Waals surface area contributed by atoms with Crippen molar-refractivity contribution in [2.45, 2.75) is 50.1 Å². The SMILES string of the molecule is CC[C@@]1(C(=O)N[C@@H]2CN(C(=O)c3cccn4cncc34)CC[C@H]2c2cc(F)cc(F)c2)CCCN1. The molecule has 2 aromatic heterocycles. The Morgan fingerprint density at radius 1 is 1.26 bits per heavy atom. The zero-order chi connectivity index (χ0) is 24.6. The van der Waals surface area contributed by atoms with E-state index >= 15 is 0 Å². The van der Waals surface area contributed by atoms with Crippen LogP contribution >= 0.6 is 0 Å². The number of imidazole rings is 1. The molecule has 184 valence electrons. The smallest absolute Gasteiger partial charge is 0.256 e. The van der Waals surface area contributed by atoms with Crippen LogP contribution in [0, 0.1) is 11.6 Å². The molecule has 0 saturated carbocycles. The number of piperidine rings is 1. The zero-order valence-electron chi connectivity index (χ0n) is 19.6. The number of aromatic nitrogens is 2. The molecular weight excluding hydrogens is 452 g/mol. The molecule has 35 heavy (non-hydrogen) atoms. The van der Waals surface area contributed by atoms with E-state index in [0.29, 0.717) is 36.0 Å². The first kappa shape index (κ1) is 23.4. The van der Waals surface area contributed by atoms with Crippen LogP contribution in [0.4, 0.5) is 8.78 Å². The van der Waals surface area contributed by atoms with E-state index in [0.717, 1.165) is 25.5 Å². The van der Waals surface area contributed by atoms with Gasteiger partial charge in [-0.05, 0) is 62.1 Å². The van der Waals surface area contributed by atoms with Gasteiger partial charge in [0, 0.05) is 31.3 Å². The first-order chi connectivity index (χ1) is 16.9. The fourth-order valence-corrected chi connectivity index (χ4v) is 5.54. The van der Waals surface area contributed by atoms with Crippen LogP contribution in [-0.2, 0) is 4.79 Å². The molecule has 0 aliphatic carbocycles. The number of pyridine rings is 1. The summed E-state index contributed by atoms with van der Waals surface area (Å²) in [7, 11) is 0. The molecule has 7 nitrogen and oxygen atoms in total. The average Bonchev–Trinajstić information content (AvgIpc) is 3.53. The molecule has 2 aliphatic heterocycles. The highest BCUT2D eigenvalue weighted by Crippen LogP contribution is 2.32. The van der Waals surface area contributed by atoms with Crippen molar-refractivity contribution in [2.24, 2.45) is 0 Å². The first-order valence-electron chi connectivity index (χ1n) is 12.1. The summed E-state index contributed by atoms with van der Waals surface area (Å²) in [6.45, 7) is 3.38. The molecule has 0 bridgehead atoms. The van der Waals surface area contributed by atoms with Gasteiger partial charge in [0.15, 0.2) is 0 Å². The van der Waals surface area contributed by atoms with E-state index < -0.39 is 23.2 Å². The topological polar surface area (TPSA) is 78.7 Å². The number of nitrogens with zero attached hydrogens (tertiary/aromatic N) is 3. The molecule has 0 spiro atoms. The summed E-state index contributed by atoms with van der Waals surface area (Å²) in [6.07, 6.45) is 7.85. The number of hydrogen-bond acceptors (Lipinski definition) is 4. The lowest BCUT2D eigenvalue weighted by Gasteiger charge is -2.41. The van der Waals surface area contributed by atoms with Crippen molar-refractivity contribution in [3.05, 3.63) is 71.8 Å². The van der Waals surface area contributed by atoms with Crippen LogP contribution in [0.25, 0.3) is 5.52 Å². The second-order valence-electron chi connectivity index (χ2n) is 9.50. The second-order valence-corrected chi connectivity index (χ2v) is 9.50. The van der Waals surface area contributed by atoms with Crippen molar-refractivity contribution in [1.82, 2.24) is 24.9 Å². The Hall–Kier alpha value is -3.33. The van der Waals surface area contributed by atoms with Crippen LogP contribution < -0.4 is 10.6 Å². The van der Waals surface area contributed by atoms with E-state index in [-0.39, 0.29) is 24.3 Å². The first-order valence-corrected chi connectivity index (χ1v) is 12.1. The molecule has 0 unspecified atom stereocenters. The number of halogens is 2. The third-order valence-electron chi connectivity index (χ3n) is 7.49. The number of benzene rings is 1. The highest BCUT2D eigenvalue weighted by molar-refractivity contribution is 6.00. The maximum absolute atomic E-state index is 14.1. The van der Waals surface area contributed by atoms with Crippen molar-refractivity contribution >= 4 is 17.3 Å². The molecular formula is C26H29F2N5O2. The number of rotatable bonds is 5. The predicted molar refractivity (Wildman–Crippen MR) is 127 cm³/mol. The lowest BCUT2D eigenvalue weighted by Crippen LogP contribution is -2.60. The molecule has 2 aliphatic rings. The molecule has 0 radical (unpaired) electrons. The Morgan fingerprint density at radius 3 is 2.77 bits per heavy atom. The Balaban J connectivity index is 1.44. The Bertz CT molecular complexity index is 1230. The number of carbonyl (C=O) groups excluding carboxylic acids is 2. The molecule has 4 heterocycles. The van der Waals surface area contributed by atoms with Crippen molar-refractivity contribution in [3.63, 3.8) is 0 Å². The highest BCUT2D eigenvalue weighted by atomic mass is 19.1. The van der Waals surface area contributed by atoms with E-state index in [1.165, 1.54) is 12.1 Å². The predicted octanol–water partition coefficient (Wildman–Crippen LogP) is 3.26. The van der Waals surface area contributed by atoms with Crippen LogP contribution in [-0.4, -0.2) is 57.3 Å². The van der Waals surface area contributed by atoms with E-state index in [2.05, 4.69) is 15.6 Å². The van der Waals surface area contributed by atoms with Crippen LogP contribution in [0.2, 0.25) is 0 Å². The summed E-state index contributed by atoms with van der Waals surface area (Å²) in [5, 5.41) is 6.49. The van der Waals surface area contributed by atoms with E-state index in [9.17, 15) is 18.4 Å². The van der Waals surface area contributed by atoms with Crippen LogP contribution in [0.15, 0.2) is 49.1 Å². The van der Waals surface area contributed by atoms with Gasteiger partial charge in [-0.15, -0.1) is 0 Å². The zero-order valence-corrected chi connectivity index (χ0v) is 19.6. The highest BCUT2D eigenvalue weighted by Gasteiger charge is 2.42. The normalized spacial score (nSPS) is 24.6. The van der Waals surface area contributed by atoms with E-state index in [4.69, 9.17) is 0 Å². The van der Waals surface area contributed by atoms with Gasteiger partial charge in [-0.25, -0.2) is 13.8 Å². The minimum absolute atomic E-state index is 0.128. The van der Waals surface area contributed by atoms with Gasteiger partial charge >= 0.3 is 0 Å². The Labute approximate surface area is 202 Å². The second kappa shape index (κ2) is 9.37. The number of hydrogen-bond donors (Lipinski definition) is 2. The average molecular weight is 482 g/mol. The number of fused-ring (bicyclic) bond motifs is 1. The van der Waals surface area contributed by atoms with Crippen molar-refractivity contribution in [1.29, 1.82) is 0 Å².